The van der Waals surface area contributed by atoms with E-state index in [-0.39, 0.29) is 10.1 Å². The third kappa shape index (κ3) is 6.19. The van der Waals surface area contributed by atoms with Crippen LogP contribution >= 0.6 is 11.3 Å². The molecule has 7 heteroatoms. The van der Waals surface area contributed by atoms with E-state index >= 15 is 0 Å². The topological polar surface area (TPSA) is 89.3 Å². The second-order valence-electron chi connectivity index (χ2n) is 4.28. The molecule has 0 saturated carbocycles. The number of rotatable bonds is 8. The minimum Gasteiger partial charge on any atom is -0.356 e. The van der Waals surface area contributed by atoms with Gasteiger partial charge in [-0.25, -0.2) is 13.6 Å². The first-order chi connectivity index (χ1) is 9.43. The van der Waals surface area contributed by atoms with Crippen molar-refractivity contribution in [2.24, 2.45) is 5.14 Å². The Morgan fingerprint density at radius 1 is 1.40 bits per heavy atom. The highest BCUT2D eigenvalue weighted by atomic mass is 32.2. The molecule has 0 atom stereocenters. The van der Waals surface area contributed by atoms with Gasteiger partial charge in [0, 0.05) is 24.3 Å². The Morgan fingerprint density at radius 2 is 2.15 bits per heavy atom. The molecule has 1 rings (SSSR count). The standard InChI is InChI=1S/C13H18N2O3S2/c1-2-3-4-5-6-12(16)15-10-9-11-7-8-13(19-11)20(14,17)18/h1,7-8H,3-6,9-10H2,(H,15,16)(H2,14,17,18). The molecule has 0 unspecified atom stereocenters. The maximum absolute atomic E-state index is 11.5. The van der Waals surface area contributed by atoms with Gasteiger partial charge in [-0.15, -0.1) is 23.7 Å². The lowest BCUT2D eigenvalue weighted by Gasteiger charge is -2.03. The van der Waals surface area contributed by atoms with Gasteiger partial charge in [0.2, 0.25) is 15.9 Å². The minimum atomic E-state index is -3.63. The smallest absolute Gasteiger partial charge is 0.247 e. The second kappa shape index (κ2) is 8.04. The fraction of sp³-hybridized carbons (Fsp3) is 0.462. The summed E-state index contributed by atoms with van der Waals surface area (Å²) in [5.74, 6) is 2.52. The van der Waals surface area contributed by atoms with E-state index < -0.39 is 10.0 Å². The molecule has 0 aromatic carbocycles. The zero-order valence-electron chi connectivity index (χ0n) is 11.1. The van der Waals surface area contributed by atoms with Crippen LogP contribution in [0.15, 0.2) is 16.3 Å². The van der Waals surface area contributed by atoms with Crippen molar-refractivity contribution in [1.82, 2.24) is 5.32 Å². The zero-order valence-corrected chi connectivity index (χ0v) is 12.7. The van der Waals surface area contributed by atoms with Crippen molar-refractivity contribution < 1.29 is 13.2 Å². The van der Waals surface area contributed by atoms with Gasteiger partial charge >= 0.3 is 0 Å². The molecule has 1 heterocycles. The molecule has 1 aromatic rings. The number of terminal acetylenes is 1. The van der Waals surface area contributed by atoms with Crippen LogP contribution in [0.4, 0.5) is 0 Å². The predicted octanol–water partition coefficient (Wildman–Crippen LogP) is 1.25. The molecule has 0 aliphatic carbocycles. The normalized spacial score (nSPS) is 11.0. The van der Waals surface area contributed by atoms with Crippen molar-refractivity contribution in [1.29, 1.82) is 0 Å². The van der Waals surface area contributed by atoms with Crippen LogP contribution in [0.2, 0.25) is 0 Å². The number of nitrogens with two attached hydrogens (primary N) is 1. The summed E-state index contributed by atoms with van der Waals surface area (Å²) in [5.41, 5.74) is 0. The first kappa shape index (κ1) is 16.7. The molecule has 0 fully saturated rings. The second-order valence-corrected chi connectivity index (χ2v) is 7.23. The molecular weight excluding hydrogens is 296 g/mol. The number of carbonyl (C=O) groups is 1. The molecule has 0 aliphatic heterocycles. The Hall–Kier alpha value is -1.36. The summed E-state index contributed by atoms with van der Waals surface area (Å²) in [5, 5.41) is 7.82. The molecule has 5 nitrogen and oxygen atoms in total. The van der Waals surface area contributed by atoms with Crippen molar-refractivity contribution in [3.63, 3.8) is 0 Å². The van der Waals surface area contributed by atoms with Crippen molar-refractivity contribution in [2.75, 3.05) is 6.54 Å². The van der Waals surface area contributed by atoms with Crippen LogP contribution < -0.4 is 10.5 Å². The summed E-state index contributed by atoms with van der Waals surface area (Å²) < 4.78 is 22.4. The molecule has 110 valence electrons. The van der Waals surface area contributed by atoms with E-state index in [9.17, 15) is 13.2 Å². The lowest BCUT2D eigenvalue weighted by Crippen LogP contribution is -2.25. The first-order valence-electron chi connectivity index (χ1n) is 6.25. The molecule has 0 bridgehead atoms. The predicted molar refractivity (Wildman–Crippen MR) is 79.7 cm³/mol. The van der Waals surface area contributed by atoms with Gasteiger partial charge in [0.25, 0.3) is 0 Å². The first-order valence-corrected chi connectivity index (χ1v) is 8.61. The number of hydrogen-bond donors (Lipinski definition) is 2. The van der Waals surface area contributed by atoms with E-state index in [1.807, 2.05) is 0 Å². The van der Waals surface area contributed by atoms with Crippen molar-refractivity contribution in [3.05, 3.63) is 17.0 Å². The summed E-state index contributed by atoms with van der Waals surface area (Å²) in [4.78, 5) is 12.4. The molecule has 3 N–H and O–H groups in total. The maximum Gasteiger partial charge on any atom is 0.247 e. The van der Waals surface area contributed by atoms with Crippen LogP contribution in [0.25, 0.3) is 0 Å². The third-order valence-electron chi connectivity index (χ3n) is 2.59. The summed E-state index contributed by atoms with van der Waals surface area (Å²) in [7, 11) is -3.63. The fourth-order valence-corrected chi connectivity index (χ4v) is 3.35. The molecule has 0 saturated heterocycles. The Balaban J connectivity index is 2.26. The maximum atomic E-state index is 11.5. The third-order valence-corrected chi connectivity index (χ3v) is 5.17. The summed E-state index contributed by atoms with van der Waals surface area (Å²) >= 11 is 1.13. The van der Waals surface area contributed by atoms with Crippen LogP contribution in [-0.2, 0) is 21.2 Å². The molecule has 1 amide bonds. The SMILES string of the molecule is C#CCCCCC(=O)NCCc1ccc(S(N)(=O)=O)s1. The largest absolute Gasteiger partial charge is 0.356 e. The van der Waals surface area contributed by atoms with Gasteiger partial charge in [0.05, 0.1) is 0 Å². The molecular formula is C13H18N2O3S2. The van der Waals surface area contributed by atoms with Gasteiger partial charge in [0.1, 0.15) is 4.21 Å². The number of unbranched alkanes of at least 4 members (excludes halogenated alkanes) is 2. The Morgan fingerprint density at radius 3 is 2.75 bits per heavy atom. The Bertz CT molecular complexity index is 585. The van der Waals surface area contributed by atoms with Gasteiger partial charge in [-0.1, -0.05) is 0 Å². The van der Waals surface area contributed by atoms with Crippen molar-refractivity contribution >= 4 is 27.3 Å². The minimum absolute atomic E-state index is 0.00903. The Kier molecular flexibility index (Phi) is 6.71. The van der Waals surface area contributed by atoms with Crippen LogP contribution in [0.5, 0.6) is 0 Å². The van der Waals surface area contributed by atoms with Crippen molar-refractivity contribution in [2.45, 2.75) is 36.3 Å². The average molecular weight is 314 g/mol. The molecule has 1 aromatic heterocycles. The highest BCUT2D eigenvalue weighted by molar-refractivity contribution is 7.91. The molecule has 0 spiro atoms. The van der Waals surface area contributed by atoms with E-state index in [1.54, 1.807) is 6.07 Å². The van der Waals surface area contributed by atoms with Gasteiger partial charge in [-0.2, -0.15) is 0 Å². The monoisotopic (exact) mass is 314 g/mol. The molecule has 0 radical (unpaired) electrons. The van der Waals surface area contributed by atoms with Gasteiger partial charge in [0.15, 0.2) is 0 Å². The number of nitrogens with one attached hydrogen (secondary N) is 1. The van der Waals surface area contributed by atoms with Crippen LogP contribution in [-0.4, -0.2) is 20.9 Å². The quantitative estimate of drug-likeness (QED) is 0.559. The Labute approximate surface area is 123 Å². The van der Waals surface area contributed by atoms with Gasteiger partial charge in [-0.3, -0.25) is 4.79 Å². The lowest BCUT2D eigenvalue weighted by molar-refractivity contribution is -0.121. The van der Waals surface area contributed by atoms with E-state index in [2.05, 4.69) is 11.2 Å². The van der Waals surface area contributed by atoms with E-state index in [0.29, 0.717) is 25.8 Å². The van der Waals surface area contributed by atoms with E-state index in [0.717, 1.165) is 29.1 Å². The number of carbonyl (C=O) groups excluding carboxylic acids is 1. The lowest BCUT2D eigenvalue weighted by atomic mass is 10.2. The highest BCUT2D eigenvalue weighted by Crippen LogP contribution is 2.20. The van der Waals surface area contributed by atoms with Gasteiger partial charge in [-0.05, 0) is 31.4 Å². The highest BCUT2D eigenvalue weighted by Gasteiger charge is 2.11. The fourth-order valence-electron chi connectivity index (χ4n) is 1.57. The van der Waals surface area contributed by atoms with Gasteiger partial charge < -0.3 is 5.32 Å². The number of thiophene rings is 1. The van der Waals surface area contributed by atoms with Crippen LogP contribution in [0, 0.1) is 12.3 Å². The van der Waals surface area contributed by atoms with Crippen LogP contribution in [0.3, 0.4) is 0 Å². The van der Waals surface area contributed by atoms with Crippen molar-refractivity contribution in [3.8, 4) is 12.3 Å². The summed E-state index contributed by atoms with van der Waals surface area (Å²) in [6.07, 6.45) is 8.51. The zero-order chi connectivity index (χ0) is 15.0. The number of sulfonamides is 1. The average Bonchev–Trinajstić information content (AvgIpc) is 2.83. The summed E-state index contributed by atoms with van der Waals surface area (Å²) in [6.45, 7) is 0.485. The summed E-state index contributed by atoms with van der Waals surface area (Å²) in [6, 6.07) is 3.19. The molecule has 20 heavy (non-hydrogen) atoms. The van der Waals surface area contributed by atoms with Crippen LogP contribution in [0.1, 0.15) is 30.6 Å². The van der Waals surface area contributed by atoms with E-state index in [4.69, 9.17) is 11.6 Å². The number of amides is 1. The number of hydrogen-bond acceptors (Lipinski definition) is 4. The number of primary sulfonamides is 1. The molecule has 0 aliphatic rings. The van der Waals surface area contributed by atoms with E-state index in [1.165, 1.54) is 6.07 Å².